The van der Waals surface area contributed by atoms with Gasteiger partial charge < -0.3 is 14.5 Å². The van der Waals surface area contributed by atoms with E-state index in [4.69, 9.17) is 9.72 Å². The molecule has 0 saturated carbocycles. The number of anilines is 1. The van der Waals surface area contributed by atoms with E-state index in [1.807, 2.05) is 17.0 Å². The van der Waals surface area contributed by atoms with E-state index in [-0.39, 0.29) is 16.9 Å². The van der Waals surface area contributed by atoms with Crippen LogP contribution in [0.2, 0.25) is 0 Å². The number of carbonyl (C=O) groups excluding carboxylic acids is 1. The molecule has 35 heavy (non-hydrogen) atoms. The summed E-state index contributed by atoms with van der Waals surface area (Å²) in [4.78, 5) is 22.0. The zero-order valence-electron chi connectivity index (χ0n) is 19.4. The fraction of sp³-hybridized carbons (Fsp3) is 0.417. The predicted molar refractivity (Wildman–Crippen MR) is 141 cm³/mol. The van der Waals surface area contributed by atoms with Crippen molar-refractivity contribution < 1.29 is 17.9 Å². The van der Waals surface area contributed by atoms with E-state index in [0.29, 0.717) is 44.9 Å². The topological polar surface area (TPSA) is 83.0 Å². The second kappa shape index (κ2) is 10.1. The molecule has 1 unspecified atom stereocenters. The van der Waals surface area contributed by atoms with E-state index in [1.165, 1.54) is 16.4 Å². The molecule has 1 aromatic heterocycles. The number of piperazine rings is 1. The first-order valence-corrected chi connectivity index (χ1v) is 14.6. The standard InChI is InChI=1S/C24H27BrN4O4S2/c1-27(16-19-3-2-14-33-19)35(31,32)20-7-4-17(5-8-20)23(30)28-10-12-29(13-11-28)24-26-21-9-6-18(25)15-22(21)34-24/h4-9,15,19H,2-3,10-14,16H2,1H3. The normalized spacial score (nSPS) is 19.1. The lowest BCUT2D eigenvalue weighted by atomic mass is 10.2. The zero-order valence-corrected chi connectivity index (χ0v) is 22.6. The van der Waals surface area contributed by atoms with E-state index >= 15 is 0 Å². The number of fused-ring (bicyclic) bond motifs is 1. The smallest absolute Gasteiger partial charge is 0.253 e. The van der Waals surface area contributed by atoms with Crippen LogP contribution in [0.3, 0.4) is 0 Å². The lowest BCUT2D eigenvalue weighted by Gasteiger charge is -2.34. The molecule has 0 N–H and O–H groups in total. The number of hydrogen-bond donors (Lipinski definition) is 0. The Balaban J connectivity index is 1.20. The molecule has 0 aliphatic carbocycles. The molecule has 1 amide bonds. The molecule has 3 aromatic rings. The number of hydrogen-bond acceptors (Lipinski definition) is 7. The minimum atomic E-state index is -3.63. The average Bonchev–Trinajstić information content (AvgIpc) is 3.53. The maximum absolute atomic E-state index is 13.1. The molecule has 2 aliphatic rings. The highest BCUT2D eigenvalue weighted by Gasteiger charge is 2.27. The number of halogens is 1. The highest BCUT2D eigenvalue weighted by atomic mass is 79.9. The van der Waals surface area contributed by atoms with Crippen LogP contribution in [-0.2, 0) is 14.8 Å². The predicted octanol–water partition coefficient (Wildman–Crippen LogP) is 3.82. The Labute approximate surface area is 217 Å². The Hall–Kier alpha value is -2.05. The lowest BCUT2D eigenvalue weighted by molar-refractivity contribution is 0.0746. The van der Waals surface area contributed by atoms with Crippen LogP contribution in [0, 0.1) is 0 Å². The van der Waals surface area contributed by atoms with Crippen LogP contribution in [0.25, 0.3) is 10.2 Å². The van der Waals surface area contributed by atoms with Crippen LogP contribution >= 0.6 is 27.3 Å². The first-order chi connectivity index (χ1) is 16.8. The molecule has 2 fully saturated rings. The van der Waals surface area contributed by atoms with Crippen LogP contribution in [0.1, 0.15) is 23.2 Å². The number of ether oxygens (including phenoxy) is 1. The van der Waals surface area contributed by atoms with Gasteiger partial charge in [-0.15, -0.1) is 0 Å². The first kappa shape index (κ1) is 24.6. The van der Waals surface area contributed by atoms with Crippen LogP contribution in [-0.4, -0.2) is 81.0 Å². The van der Waals surface area contributed by atoms with Gasteiger partial charge in [-0.3, -0.25) is 4.79 Å². The van der Waals surface area contributed by atoms with Crippen LogP contribution in [0.15, 0.2) is 51.8 Å². The Kier molecular flexibility index (Phi) is 7.13. The SMILES string of the molecule is CN(CC1CCCO1)S(=O)(=O)c1ccc(C(=O)N2CCN(c3nc4ccc(Br)cc4s3)CC2)cc1. The number of likely N-dealkylation sites (N-methyl/N-ethyl adjacent to an activating group) is 1. The highest BCUT2D eigenvalue weighted by molar-refractivity contribution is 9.10. The summed E-state index contributed by atoms with van der Waals surface area (Å²) in [6, 6.07) is 12.3. The number of rotatable bonds is 6. The third-order valence-electron chi connectivity index (χ3n) is 6.47. The average molecular weight is 580 g/mol. The van der Waals surface area contributed by atoms with Gasteiger partial charge >= 0.3 is 0 Å². The van der Waals surface area contributed by atoms with Gasteiger partial charge in [-0.2, -0.15) is 4.31 Å². The van der Waals surface area contributed by atoms with Gasteiger partial charge in [0.05, 0.1) is 21.2 Å². The van der Waals surface area contributed by atoms with Gasteiger partial charge in [0.1, 0.15) is 0 Å². The van der Waals surface area contributed by atoms with Crippen LogP contribution < -0.4 is 4.90 Å². The number of thiazole rings is 1. The summed E-state index contributed by atoms with van der Waals surface area (Å²) in [5.41, 5.74) is 1.46. The Morgan fingerprint density at radius 3 is 2.60 bits per heavy atom. The molecule has 0 bridgehead atoms. The van der Waals surface area contributed by atoms with Gasteiger partial charge in [0.2, 0.25) is 10.0 Å². The summed E-state index contributed by atoms with van der Waals surface area (Å²) < 4.78 is 34.9. The molecule has 186 valence electrons. The maximum Gasteiger partial charge on any atom is 0.253 e. The second-order valence-electron chi connectivity index (χ2n) is 8.83. The van der Waals surface area contributed by atoms with Crippen LogP contribution in [0.5, 0.6) is 0 Å². The molecule has 0 radical (unpaired) electrons. The van der Waals surface area contributed by atoms with E-state index in [1.54, 1.807) is 30.5 Å². The van der Waals surface area contributed by atoms with Gasteiger partial charge in [0.15, 0.2) is 5.13 Å². The molecule has 3 heterocycles. The van der Waals surface area contributed by atoms with Crippen molar-refractivity contribution in [3.05, 3.63) is 52.5 Å². The third-order valence-corrected chi connectivity index (χ3v) is 9.88. The van der Waals surface area contributed by atoms with E-state index in [9.17, 15) is 13.2 Å². The quantitative estimate of drug-likeness (QED) is 0.442. The third kappa shape index (κ3) is 5.24. The monoisotopic (exact) mass is 578 g/mol. The van der Waals surface area contributed by atoms with E-state index in [0.717, 1.165) is 32.7 Å². The van der Waals surface area contributed by atoms with Gasteiger partial charge in [-0.05, 0) is 55.3 Å². The van der Waals surface area contributed by atoms with Crippen molar-refractivity contribution in [3.63, 3.8) is 0 Å². The minimum Gasteiger partial charge on any atom is -0.377 e. The number of benzene rings is 2. The van der Waals surface area contributed by atoms with Gasteiger partial charge in [-0.25, -0.2) is 13.4 Å². The van der Waals surface area contributed by atoms with Crippen molar-refractivity contribution in [1.82, 2.24) is 14.2 Å². The van der Waals surface area contributed by atoms with Gasteiger partial charge in [0.25, 0.3) is 5.91 Å². The summed E-state index contributed by atoms with van der Waals surface area (Å²) in [5, 5.41) is 0.965. The molecule has 0 spiro atoms. The number of amides is 1. The number of aromatic nitrogens is 1. The second-order valence-corrected chi connectivity index (χ2v) is 12.8. The minimum absolute atomic E-state index is 0.0565. The number of sulfonamides is 1. The molecule has 2 aliphatic heterocycles. The maximum atomic E-state index is 13.1. The lowest BCUT2D eigenvalue weighted by Crippen LogP contribution is -2.48. The Bertz CT molecular complexity index is 1320. The number of carbonyl (C=O) groups is 1. The van der Waals surface area contributed by atoms with Crippen molar-refractivity contribution in [2.45, 2.75) is 23.8 Å². The molecule has 1 atom stereocenters. The van der Waals surface area contributed by atoms with Gasteiger partial charge in [-0.1, -0.05) is 27.3 Å². The molecule has 2 saturated heterocycles. The van der Waals surface area contributed by atoms with Gasteiger partial charge in [0, 0.05) is 56.4 Å². The van der Waals surface area contributed by atoms with Crippen molar-refractivity contribution >= 4 is 58.5 Å². The summed E-state index contributed by atoms with van der Waals surface area (Å²) in [5.74, 6) is -0.0884. The fourth-order valence-corrected chi connectivity index (χ4v) is 7.20. The van der Waals surface area contributed by atoms with Crippen molar-refractivity contribution in [2.24, 2.45) is 0 Å². The molecule has 5 rings (SSSR count). The summed E-state index contributed by atoms with van der Waals surface area (Å²) in [6.45, 7) is 3.59. The summed E-state index contributed by atoms with van der Waals surface area (Å²) in [7, 11) is -2.06. The van der Waals surface area contributed by atoms with Crippen molar-refractivity contribution in [2.75, 3.05) is 51.3 Å². The molecule has 8 nitrogen and oxygen atoms in total. The van der Waals surface area contributed by atoms with E-state index < -0.39 is 10.0 Å². The van der Waals surface area contributed by atoms with Crippen molar-refractivity contribution in [3.8, 4) is 0 Å². The number of nitrogens with zero attached hydrogens (tertiary/aromatic N) is 4. The fourth-order valence-electron chi connectivity index (χ4n) is 4.43. The largest absolute Gasteiger partial charge is 0.377 e. The summed E-state index contributed by atoms with van der Waals surface area (Å²) in [6.07, 6.45) is 1.78. The molecular weight excluding hydrogens is 552 g/mol. The zero-order chi connectivity index (χ0) is 24.6. The van der Waals surface area contributed by atoms with Crippen LogP contribution in [0.4, 0.5) is 5.13 Å². The molecule has 2 aromatic carbocycles. The highest BCUT2D eigenvalue weighted by Crippen LogP contribution is 2.31. The van der Waals surface area contributed by atoms with E-state index in [2.05, 4.69) is 26.9 Å². The molecule has 11 heteroatoms. The van der Waals surface area contributed by atoms with Crippen molar-refractivity contribution in [1.29, 1.82) is 0 Å². The first-order valence-electron chi connectivity index (χ1n) is 11.6. The summed E-state index contributed by atoms with van der Waals surface area (Å²) >= 11 is 5.16. The Morgan fingerprint density at radius 2 is 1.91 bits per heavy atom. The molecular formula is C24H27BrN4O4S2. The Morgan fingerprint density at radius 1 is 1.17 bits per heavy atom.